The average Bonchev–Trinajstić information content (AvgIpc) is 3.23. The standard InChI is InChI=1S/C21H22N4O3/c1-5-12-25(13-6-2)18-11-10-15(14-22-18)21-23-20(24-28-21)16-8-7-9-17(26-3)19(16)27-4/h5-11,14H,1-2,12-13H2,3-4H3. The Morgan fingerprint density at radius 1 is 1.07 bits per heavy atom. The van der Waals surface area contributed by atoms with Gasteiger partial charge in [0.05, 0.1) is 25.3 Å². The molecule has 0 aliphatic carbocycles. The van der Waals surface area contributed by atoms with Crippen LogP contribution in [0.3, 0.4) is 0 Å². The van der Waals surface area contributed by atoms with Gasteiger partial charge >= 0.3 is 0 Å². The first kappa shape index (κ1) is 19.2. The molecule has 0 saturated carbocycles. The number of anilines is 1. The van der Waals surface area contributed by atoms with Gasteiger partial charge in [-0.2, -0.15) is 4.98 Å². The lowest BCUT2D eigenvalue weighted by Gasteiger charge is -2.20. The fourth-order valence-corrected chi connectivity index (χ4v) is 2.79. The summed E-state index contributed by atoms with van der Waals surface area (Å²) in [6.45, 7) is 8.91. The zero-order valence-electron chi connectivity index (χ0n) is 16.0. The van der Waals surface area contributed by atoms with E-state index < -0.39 is 0 Å². The van der Waals surface area contributed by atoms with Gasteiger partial charge in [-0.05, 0) is 24.3 Å². The number of hydrogen-bond acceptors (Lipinski definition) is 7. The van der Waals surface area contributed by atoms with Crippen LogP contribution in [0, 0.1) is 0 Å². The molecule has 0 spiro atoms. The molecule has 0 bridgehead atoms. The topological polar surface area (TPSA) is 73.5 Å². The Labute approximate surface area is 163 Å². The summed E-state index contributed by atoms with van der Waals surface area (Å²) in [5.41, 5.74) is 1.41. The van der Waals surface area contributed by atoms with Crippen LogP contribution in [-0.4, -0.2) is 42.4 Å². The lowest BCUT2D eigenvalue weighted by molar-refractivity contribution is 0.355. The van der Waals surface area contributed by atoms with E-state index in [-0.39, 0.29) is 0 Å². The molecule has 7 heteroatoms. The van der Waals surface area contributed by atoms with Crippen molar-refractivity contribution in [1.82, 2.24) is 15.1 Å². The highest BCUT2D eigenvalue weighted by Crippen LogP contribution is 2.37. The maximum Gasteiger partial charge on any atom is 0.259 e. The predicted octanol–water partition coefficient (Wildman–Crippen LogP) is 3.99. The van der Waals surface area contributed by atoms with Crippen LogP contribution in [0.25, 0.3) is 22.8 Å². The van der Waals surface area contributed by atoms with E-state index in [0.29, 0.717) is 41.9 Å². The molecule has 0 fully saturated rings. The molecule has 0 N–H and O–H groups in total. The number of hydrogen-bond donors (Lipinski definition) is 0. The molecule has 2 aromatic heterocycles. The first-order valence-corrected chi connectivity index (χ1v) is 8.70. The number of aromatic nitrogens is 3. The van der Waals surface area contributed by atoms with E-state index in [0.717, 1.165) is 11.4 Å². The molecular formula is C21H22N4O3. The highest BCUT2D eigenvalue weighted by atomic mass is 16.5. The van der Waals surface area contributed by atoms with Crippen LogP contribution in [-0.2, 0) is 0 Å². The Morgan fingerprint density at radius 3 is 2.46 bits per heavy atom. The molecule has 0 unspecified atom stereocenters. The van der Waals surface area contributed by atoms with Crippen molar-refractivity contribution in [3.8, 4) is 34.3 Å². The van der Waals surface area contributed by atoms with E-state index in [1.807, 2.05) is 47.4 Å². The Balaban J connectivity index is 1.88. The molecule has 0 saturated heterocycles. The second-order valence-corrected chi connectivity index (χ2v) is 5.85. The SMILES string of the molecule is C=CCN(CC=C)c1ccc(-c2nc(-c3cccc(OC)c3OC)no2)cn1. The van der Waals surface area contributed by atoms with E-state index in [9.17, 15) is 0 Å². The highest BCUT2D eigenvalue weighted by Gasteiger charge is 2.18. The number of pyridine rings is 1. The van der Waals surface area contributed by atoms with Crippen molar-refractivity contribution in [3.63, 3.8) is 0 Å². The maximum atomic E-state index is 5.44. The van der Waals surface area contributed by atoms with Gasteiger partial charge in [0.2, 0.25) is 5.82 Å². The number of benzene rings is 1. The van der Waals surface area contributed by atoms with Gasteiger partial charge in [0.15, 0.2) is 11.5 Å². The van der Waals surface area contributed by atoms with Gasteiger partial charge in [-0.1, -0.05) is 23.4 Å². The molecule has 2 heterocycles. The van der Waals surface area contributed by atoms with Crippen LogP contribution in [0.4, 0.5) is 5.82 Å². The fraction of sp³-hybridized carbons (Fsp3) is 0.190. The van der Waals surface area contributed by atoms with Crippen molar-refractivity contribution in [3.05, 3.63) is 61.8 Å². The summed E-state index contributed by atoms with van der Waals surface area (Å²) in [7, 11) is 3.15. The van der Waals surface area contributed by atoms with Gasteiger partial charge in [-0.25, -0.2) is 4.98 Å². The van der Waals surface area contributed by atoms with Crippen molar-refractivity contribution >= 4 is 5.82 Å². The summed E-state index contributed by atoms with van der Waals surface area (Å²) in [5, 5.41) is 4.08. The third-order valence-electron chi connectivity index (χ3n) is 4.09. The van der Waals surface area contributed by atoms with Crippen molar-refractivity contribution in [2.75, 3.05) is 32.2 Å². The third kappa shape index (κ3) is 3.88. The van der Waals surface area contributed by atoms with E-state index in [1.165, 1.54) is 0 Å². The zero-order chi connectivity index (χ0) is 19.9. The van der Waals surface area contributed by atoms with E-state index in [2.05, 4.69) is 28.3 Å². The predicted molar refractivity (Wildman–Crippen MR) is 109 cm³/mol. The molecule has 0 radical (unpaired) electrons. The van der Waals surface area contributed by atoms with E-state index in [4.69, 9.17) is 14.0 Å². The van der Waals surface area contributed by atoms with Gasteiger partial charge in [0, 0.05) is 19.3 Å². The number of ether oxygens (including phenoxy) is 2. The van der Waals surface area contributed by atoms with Crippen LogP contribution in [0.15, 0.2) is 66.4 Å². The summed E-state index contributed by atoms with van der Waals surface area (Å²) in [5.74, 6) is 2.75. The molecule has 3 rings (SSSR count). The number of para-hydroxylation sites is 1. The van der Waals surface area contributed by atoms with Crippen LogP contribution in [0.2, 0.25) is 0 Å². The average molecular weight is 378 g/mol. The normalized spacial score (nSPS) is 10.4. The second-order valence-electron chi connectivity index (χ2n) is 5.85. The largest absolute Gasteiger partial charge is 0.493 e. The molecule has 28 heavy (non-hydrogen) atoms. The van der Waals surface area contributed by atoms with E-state index in [1.54, 1.807) is 20.4 Å². The lowest BCUT2D eigenvalue weighted by atomic mass is 10.1. The summed E-state index contributed by atoms with van der Waals surface area (Å²) in [6, 6.07) is 9.29. The minimum Gasteiger partial charge on any atom is -0.493 e. The minimum atomic E-state index is 0.373. The molecule has 0 amide bonds. The van der Waals surface area contributed by atoms with Gasteiger partial charge in [0.25, 0.3) is 5.89 Å². The summed E-state index contributed by atoms with van der Waals surface area (Å²) >= 11 is 0. The Bertz CT molecular complexity index is 941. The first-order chi connectivity index (χ1) is 13.7. The van der Waals surface area contributed by atoms with Crippen molar-refractivity contribution in [2.45, 2.75) is 0 Å². The Kier molecular flexibility index (Phi) is 6.06. The number of nitrogens with zero attached hydrogens (tertiary/aromatic N) is 4. The van der Waals surface area contributed by atoms with Crippen molar-refractivity contribution in [1.29, 1.82) is 0 Å². The Hall–Kier alpha value is -3.61. The van der Waals surface area contributed by atoms with Gasteiger partial charge in [0.1, 0.15) is 5.82 Å². The van der Waals surface area contributed by atoms with Crippen molar-refractivity contribution < 1.29 is 14.0 Å². The van der Waals surface area contributed by atoms with Crippen LogP contribution in [0.1, 0.15) is 0 Å². The van der Waals surface area contributed by atoms with Crippen LogP contribution in [0.5, 0.6) is 11.5 Å². The molecular weight excluding hydrogens is 356 g/mol. The summed E-state index contributed by atoms with van der Waals surface area (Å²) < 4.78 is 16.2. The van der Waals surface area contributed by atoms with Gasteiger partial charge in [-0.15, -0.1) is 13.2 Å². The fourth-order valence-electron chi connectivity index (χ4n) is 2.79. The third-order valence-corrected chi connectivity index (χ3v) is 4.09. The van der Waals surface area contributed by atoms with E-state index >= 15 is 0 Å². The summed E-state index contributed by atoms with van der Waals surface area (Å²) in [6.07, 6.45) is 5.35. The Morgan fingerprint density at radius 2 is 1.86 bits per heavy atom. The molecule has 7 nitrogen and oxygen atoms in total. The molecule has 3 aromatic rings. The lowest BCUT2D eigenvalue weighted by Crippen LogP contribution is -2.23. The molecule has 0 aliphatic heterocycles. The molecule has 144 valence electrons. The minimum absolute atomic E-state index is 0.373. The van der Waals surface area contributed by atoms with Crippen LogP contribution >= 0.6 is 0 Å². The quantitative estimate of drug-likeness (QED) is 0.521. The van der Waals surface area contributed by atoms with Gasteiger partial charge in [-0.3, -0.25) is 0 Å². The molecule has 1 aromatic carbocycles. The maximum absolute atomic E-state index is 5.44. The van der Waals surface area contributed by atoms with Crippen LogP contribution < -0.4 is 14.4 Å². The molecule has 0 aliphatic rings. The monoisotopic (exact) mass is 378 g/mol. The molecule has 0 atom stereocenters. The zero-order valence-corrected chi connectivity index (χ0v) is 16.0. The van der Waals surface area contributed by atoms with Crippen molar-refractivity contribution in [2.24, 2.45) is 0 Å². The number of methoxy groups -OCH3 is 2. The highest BCUT2D eigenvalue weighted by molar-refractivity contribution is 5.69. The summed E-state index contributed by atoms with van der Waals surface area (Å²) in [4.78, 5) is 11.0. The number of rotatable bonds is 9. The first-order valence-electron chi connectivity index (χ1n) is 8.70. The van der Waals surface area contributed by atoms with Gasteiger partial charge < -0.3 is 18.9 Å². The smallest absolute Gasteiger partial charge is 0.259 e. The second kappa shape index (κ2) is 8.85.